The smallest absolute Gasteiger partial charge is 0.410 e. The summed E-state index contributed by atoms with van der Waals surface area (Å²) < 4.78 is 26.7. The largest absolute Gasteiger partial charge is 0.494 e. The molecule has 1 unspecified atom stereocenters. The van der Waals surface area contributed by atoms with Crippen LogP contribution in [0.4, 0.5) is 20.6 Å². The molecule has 0 aromatic heterocycles. The van der Waals surface area contributed by atoms with Crippen molar-refractivity contribution >= 4 is 23.4 Å². The van der Waals surface area contributed by atoms with Crippen LogP contribution in [0.2, 0.25) is 0 Å². The third-order valence-corrected chi connectivity index (χ3v) is 7.47. The van der Waals surface area contributed by atoms with Gasteiger partial charge >= 0.3 is 6.09 Å². The van der Waals surface area contributed by atoms with E-state index < -0.39 is 5.60 Å². The Labute approximate surface area is 231 Å². The first kappa shape index (κ1) is 28.7. The molecule has 0 bridgehead atoms. The molecule has 0 radical (unpaired) electrons. The Bertz CT molecular complexity index is 1140. The van der Waals surface area contributed by atoms with Crippen molar-refractivity contribution in [2.24, 2.45) is 0 Å². The summed E-state index contributed by atoms with van der Waals surface area (Å²) in [5.74, 6) is 0.240. The van der Waals surface area contributed by atoms with Crippen LogP contribution >= 0.6 is 0 Å². The maximum Gasteiger partial charge on any atom is 0.410 e. The van der Waals surface area contributed by atoms with Crippen molar-refractivity contribution in [3.63, 3.8) is 0 Å². The minimum Gasteiger partial charge on any atom is -0.494 e. The lowest BCUT2D eigenvalue weighted by Gasteiger charge is -2.38. The van der Waals surface area contributed by atoms with Gasteiger partial charge in [-0.3, -0.25) is 4.79 Å². The molecule has 1 aliphatic carbocycles. The van der Waals surface area contributed by atoms with Crippen molar-refractivity contribution in [1.82, 2.24) is 4.90 Å². The number of amides is 2. The second-order valence-electron chi connectivity index (χ2n) is 11.6. The fourth-order valence-corrected chi connectivity index (χ4v) is 4.97. The van der Waals surface area contributed by atoms with E-state index in [1.165, 1.54) is 6.07 Å². The van der Waals surface area contributed by atoms with Gasteiger partial charge in [-0.2, -0.15) is 0 Å². The quantitative estimate of drug-likeness (QED) is 0.334. The van der Waals surface area contributed by atoms with Crippen LogP contribution in [0, 0.1) is 5.82 Å². The molecule has 1 saturated carbocycles. The zero-order valence-corrected chi connectivity index (χ0v) is 23.9. The number of ether oxygens (including phenoxy) is 2. The second-order valence-corrected chi connectivity index (χ2v) is 11.6. The summed E-state index contributed by atoms with van der Waals surface area (Å²) in [6.45, 7) is 9.43. The van der Waals surface area contributed by atoms with Gasteiger partial charge in [-0.05, 0) is 95.3 Å². The van der Waals surface area contributed by atoms with Crippen LogP contribution < -0.4 is 14.5 Å². The van der Waals surface area contributed by atoms with Crippen LogP contribution in [0.5, 0.6) is 5.75 Å². The van der Waals surface area contributed by atoms with Crippen LogP contribution in [0.15, 0.2) is 42.5 Å². The van der Waals surface area contributed by atoms with Gasteiger partial charge in [0, 0.05) is 37.4 Å². The minimum absolute atomic E-state index is 0.0573. The summed E-state index contributed by atoms with van der Waals surface area (Å²) in [6.07, 6.45) is 5.25. The SMILES string of the molecule is CCCCOc1ccc(C(=O)N(c2ccc(N3CCC(N(C)C(=O)OC(C)(C)C)C3)c(F)c2)C2CCC2)cc1. The summed E-state index contributed by atoms with van der Waals surface area (Å²) in [7, 11) is 1.73. The van der Waals surface area contributed by atoms with E-state index in [-0.39, 0.29) is 29.9 Å². The van der Waals surface area contributed by atoms with Crippen LogP contribution in [0.1, 0.15) is 76.6 Å². The van der Waals surface area contributed by atoms with E-state index in [0.717, 1.165) is 44.3 Å². The van der Waals surface area contributed by atoms with Gasteiger partial charge in [0.15, 0.2) is 0 Å². The van der Waals surface area contributed by atoms with Crippen molar-refractivity contribution in [2.45, 2.75) is 83.9 Å². The number of hydrogen-bond donors (Lipinski definition) is 0. The van der Waals surface area contributed by atoms with Gasteiger partial charge in [0.1, 0.15) is 17.2 Å². The number of likely N-dealkylation sites (N-methyl/N-ethyl adjacent to an activating group) is 1. The highest BCUT2D eigenvalue weighted by Crippen LogP contribution is 2.35. The Morgan fingerprint density at radius 1 is 1.05 bits per heavy atom. The fraction of sp³-hybridized carbons (Fsp3) is 0.548. The first-order chi connectivity index (χ1) is 18.6. The van der Waals surface area contributed by atoms with Crippen molar-refractivity contribution in [3.8, 4) is 5.75 Å². The average molecular weight is 540 g/mol. The predicted octanol–water partition coefficient (Wildman–Crippen LogP) is 6.65. The Morgan fingerprint density at radius 2 is 1.77 bits per heavy atom. The number of benzene rings is 2. The van der Waals surface area contributed by atoms with Crippen LogP contribution in [0.25, 0.3) is 0 Å². The molecule has 8 heteroatoms. The monoisotopic (exact) mass is 539 g/mol. The third-order valence-electron chi connectivity index (χ3n) is 7.47. The van der Waals surface area contributed by atoms with E-state index in [2.05, 4.69) is 6.92 Å². The number of hydrogen-bond acceptors (Lipinski definition) is 5. The van der Waals surface area contributed by atoms with E-state index in [9.17, 15) is 9.59 Å². The van der Waals surface area contributed by atoms with E-state index in [0.29, 0.717) is 36.6 Å². The second kappa shape index (κ2) is 12.3. The number of anilines is 2. The third kappa shape index (κ3) is 7.02. The Morgan fingerprint density at radius 3 is 2.36 bits per heavy atom. The summed E-state index contributed by atoms with van der Waals surface area (Å²) >= 11 is 0. The highest BCUT2D eigenvalue weighted by Gasteiger charge is 2.34. The zero-order valence-electron chi connectivity index (χ0n) is 23.9. The van der Waals surface area contributed by atoms with Crippen molar-refractivity contribution < 1.29 is 23.5 Å². The molecule has 2 fully saturated rings. The molecule has 7 nitrogen and oxygen atoms in total. The molecule has 2 aliphatic rings. The van der Waals surface area contributed by atoms with Gasteiger partial charge in [0.25, 0.3) is 5.91 Å². The topological polar surface area (TPSA) is 62.3 Å². The van der Waals surface area contributed by atoms with E-state index in [1.54, 1.807) is 35.0 Å². The molecule has 0 spiro atoms. The van der Waals surface area contributed by atoms with Gasteiger partial charge in [-0.15, -0.1) is 0 Å². The zero-order chi connectivity index (χ0) is 28.2. The molecule has 2 amide bonds. The lowest BCUT2D eigenvalue weighted by Crippen LogP contribution is -2.44. The average Bonchev–Trinajstić information content (AvgIpc) is 3.34. The van der Waals surface area contributed by atoms with Crippen molar-refractivity contribution in [2.75, 3.05) is 36.5 Å². The summed E-state index contributed by atoms with van der Waals surface area (Å²) in [5, 5.41) is 0. The van der Waals surface area contributed by atoms with Crippen LogP contribution in [-0.4, -0.2) is 61.3 Å². The normalized spacial score (nSPS) is 17.5. The summed E-state index contributed by atoms with van der Waals surface area (Å²) in [5.41, 5.74) is 1.03. The highest BCUT2D eigenvalue weighted by molar-refractivity contribution is 6.06. The Hall–Kier alpha value is -3.29. The molecule has 1 saturated heterocycles. The molecular formula is C31H42FN3O4. The van der Waals surface area contributed by atoms with Gasteiger partial charge in [0.2, 0.25) is 0 Å². The van der Waals surface area contributed by atoms with Crippen molar-refractivity contribution in [1.29, 1.82) is 0 Å². The molecule has 2 aromatic rings. The van der Waals surface area contributed by atoms with Gasteiger partial charge in [-0.25, -0.2) is 9.18 Å². The molecule has 1 aliphatic heterocycles. The maximum absolute atomic E-state index is 15.5. The van der Waals surface area contributed by atoms with Crippen molar-refractivity contribution in [3.05, 3.63) is 53.8 Å². The first-order valence-electron chi connectivity index (χ1n) is 14.1. The predicted molar refractivity (Wildman–Crippen MR) is 152 cm³/mol. The Balaban J connectivity index is 1.46. The lowest BCUT2D eigenvalue weighted by atomic mass is 9.90. The van der Waals surface area contributed by atoms with Gasteiger partial charge < -0.3 is 24.2 Å². The number of rotatable bonds is 9. The summed E-state index contributed by atoms with van der Waals surface area (Å²) in [6, 6.07) is 12.3. The molecule has 212 valence electrons. The molecule has 0 N–H and O–H groups in total. The number of carbonyl (C=O) groups excluding carboxylic acids is 2. The standard InChI is InChI=1S/C31H42FN3O4/c1-6-7-19-38-26-14-11-22(12-15-26)29(36)35(23-9-8-10-23)24-13-16-28(27(32)20-24)34-18-17-25(21-34)33(5)30(37)39-31(2,3)4/h11-16,20,23,25H,6-10,17-19,21H2,1-5H3. The minimum atomic E-state index is -0.570. The Kier molecular flexibility index (Phi) is 9.03. The highest BCUT2D eigenvalue weighted by atomic mass is 19.1. The van der Waals surface area contributed by atoms with E-state index in [1.807, 2.05) is 43.9 Å². The molecule has 1 atom stereocenters. The molecule has 4 rings (SSSR count). The number of halogens is 1. The molecular weight excluding hydrogens is 497 g/mol. The number of carbonyl (C=O) groups is 2. The van der Waals surface area contributed by atoms with Gasteiger partial charge in [0.05, 0.1) is 18.3 Å². The fourth-order valence-electron chi connectivity index (χ4n) is 4.97. The van der Waals surface area contributed by atoms with Crippen LogP contribution in [-0.2, 0) is 4.74 Å². The number of unbranched alkanes of at least 4 members (excludes halogenated alkanes) is 1. The molecule has 2 aromatic carbocycles. The number of nitrogens with zero attached hydrogens (tertiary/aromatic N) is 3. The molecule has 1 heterocycles. The van der Waals surface area contributed by atoms with Gasteiger partial charge in [-0.1, -0.05) is 13.3 Å². The van der Waals surface area contributed by atoms with E-state index >= 15 is 4.39 Å². The maximum atomic E-state index is 15.5. The lowest BCUT2D eigenvalue weighted by molar-refractivity contribution is 0.0237. The molecule has 39 heavy (non-hydrogen) atoms. The summed E-state index contributed by atoms with van der Waals surface area (Å²) in [4.78, 5) is 31.4. The van der Waals surface area contributed by atoms with E-state index in [4.69, 9.17) is 9.47 Å². The van der Waals surface area contributed by atoms with Crippen LogP contribution in [0.3, 0.4) is 0 Å². The first-order valence-corrected chi connectivity index (χ1v) is 14.1.